The number of fused-ring (bicyclic) bond motifs is 2. The van der Waals surface area contributed by atoms with E-state index in [1.807, 2.05) is 13.0 Å². The van der Waals surface area contributed by atoms with Gasteiger partial charge < -0.3 is 14.4 Å². The van der Waals surface area contributed by atoms with Crippen LogP contribution in [0.25, 0.3) is 22.0 Å². The number of piperidine rings is 1. The minimum absolute atomic E-state index is 0.152. The first kappa shape index (κ1) is 24.2. The van der Waals surface area contributed by atoms with Gasteiger partial charge in [-0.05, 0) is 31.0 Å². The molecular weight excluding hydrogens is 508 g/mol. The highest BCUT2D eigenvalue weighted by atomic mass is 35.5. The molecular formula is C26H26ClF2N3O3S. The third-order valence-corrected chi connectivity index (χ3v) is 8.95. The lowest BCUT2D eigenvalue weighted by Crippen LogP contribution is -2.47. The molecule has 4 heterocycles. The Morgan fingerprint density at radius 1 is 1.14 bits per heavy atom. The van der Waals surface area contributed by atoms with Gasteiger partial charge in [0.15, 0.2) is 0 Å². The molecule has 0 N–H and O–H groups in total. The summed E-state index contributed by atoms with van der Waals surface area (Å²) in [5.41, 5.74) is 1.97. The molecule has 2 bridgehead atoms. The molecule has 0 spiro atoms. The largest absolute Gasteiger partial charge is 0.381 e. The van der Waals surface area contributed by atoms with Crippen LogP contribution in [-0.4, -0.2) is 54.8 Å². The minimum atomic E-state index is -0.808. The Bertz CT molecular complexity index is 1420. The van der Waals surface area contributed by atoms with Crippen LogP contribution < -0.4 is 10.6 Å². The van der Waals surface area contributed by atoms with E-state index in [2.05, 4.69) is 9.88 Å². The van der Waals surface area contributed by atoms with Crippen molar-refractivity contribution < 1.29 is 18.3 Å². The quantitative estimate of drug-likeness (QED) is 0.447. The van der Waals surface area contributed by atoms with E-state index in [1.165, 1.54) is 17.8 Å². The van der Waals surface area contributed by atoms with Gasteiger partial charge >= 0.3 is 5.69 Å². The van der Waals surface area contributed by atoms with Crippen LogP contribution in [0.1, 0.15) is 12.0 Å². The molecule has 2 aromatic carbocycles. The molecule has 36 heavy (non-hydrogen) atoms. The average Bonchev–Trinajstić information content (AvgIpc) is 3.04. The van der Waals surface area contributed by atoms with Crippen LogP contribution in [0, 0.1) is 30.4 Å². The first-order valence-electron chi connectivity index (χ1n) is 12.0. The molecule has 2 saturated heterocycles. The zero-order chi connectivity index (χ0) is 25.1. The first-order valence-corrected chi connectivity index (χ1v) is 13.4. The van der Waals surface area contributed by atoms with E-state index in [9.17, 15) is 9.18 Å². The van der Waals surface area contributed by atoms with Crippen molar-refractivity contribution in [1.29, 1.82) is 0 Å². The second-order valence-corrected chi connectivity index (χ2v) is 11.4. The van der Waals surface area contributed by atoms with Gasteiger partial charge in [-0.25, -0.2) is 13.6 Å². The summed E-state index contributed by atoms with van der Waals surface area (Å²) in [4.78, 5) is 21.0. The van der Waals surface area contributed by atoms with E-state index >= 15 is 4.39 Å². The van der Waals surface area contributed by atoms with Crippen LogP contribution in [0.15, 0.2) is 27.9 Å². The van der Waals surface area contributed by atoms with Crippen molar-refractivity contribution in [1.82, 2.24) is 9.55 Å². The van der Waals surface area contributed by atoms with Gasteiger partial charge in [0, 0.05) is 65.3 Å². The van der Waals surface area contributed by atoms with Crippen molar-refractivity contribution in [3.8, 4) is 11.1 Å². The van der Waals surface area contributed by atoms with E-state index < -0.39 is 11.6 Å². The number of hydrogen-bond donors (Lipinski definition) is 0. The Kier molecular flexibility index (Phi) is 6.22. The van der Waals surface area contributed by atoms with Gasteiger partial charge in [0.2, 0.25) is 0 Å². The molecule has 10 heteroatoms. The van der Waals surface area contributed by atoms with Crippen LogP contribution in [0.4, 0.5) is 14.6 Å². The molecule has 1 aromatic heterocycles. The SMILES string of the molecule is CO[C@@H]1CSc2c(-c3cc(Cl)c(F)cc3F)c(C)cc3c(N4CC5COCC(C5)C4)nc(=O)n(c23)C1. The molecule has 6 rings (SSSR count). The maximum Gasteiger partial charge on any atom is 0.350 e. The van der Waals surface area contributed by atoms with Gasteiger partial charge in [-0.2, -0.15) is 4.98 Å². The van der Waals surface area contributed by atoms with Crippen molar-refractivity contribution in [3.05, 3.63) is 50.9 Å². The number of anilines is 1. The maximum atomic E-state index is 15.1. The molecule has 0 radical (unpaired) electrons. The number of hydrogen-bond acceptors (Lipinski definition) is 6. The fourth-order valence-corrected chi connectivity index (χ4v) is 7.36. The number of ether oxygens (including phenoxy) is 2. The van der Waals surface area contributed by atoms with Gasteiger partial charge in [-0.1, -0.05) is 11.6 Å². The molecule has 3 aliphatic heterocycles. The van der Waals surface area contributed by atoms with Crippen LogP contribution in [0.5, 0.6) is 0 Å². The Hall–Kier alpha value is -2.20. The van der Waals surface area contributed by atoms with Crippen LogP contribution in [0.3, 0.4) is 0 Å². The first-order chi connectivity index (χ1) is 17.3. The zero-order valence-electron chi connectivity index (χ0n) is 20.0. The van der Waals surface area contributed by atoms with E-state index in [0.717, 1.165) is 41.4 Å². The third kappa shape index (κ3) is 4.00. The predicted octanol–water partition coefficient (Wildman–Crippen LogP) is 4.90. The lowest BCUT2D eigenvalue weighted by molar-refractivity contribution is 0.00613. The predicted molar refractivity (Wildman–Crippen MR) is 137 cm³/mol. The van der Waals surface area contributed by atoms with E-state index in [4.69, 9.17) is 21.1 Å². The number of halogens is 3. The molecule has 0 saturated carbocycles. The summed E-state index contributed by atoms with van der Waals surface area (Å²) in [7, 11) is 1.62. The number of nitrogens with zero attached hydrogens (tertiary/aromatic N) is 3. The maximum absolute atomic E-state index is 15.1. The second-order valence-electron chi connectivity index (χ2n) is 9.95. The molecule has 3 aromatic rings. The molecule has 2 unspecified atom stereocenters. The van der Waals surface area contributed by atoms with Crippen molar-refractivity contribution in [2.45, 2.75) is 30.9 Å². The van der Waals surface area contributed by atoms with Crippen molar-refractivity contribution >= 4 is 40.1 Å². The van der Waals surface area contributed by atoms with Gasteiger partial charge in [0.25, 0.3) is 0 Å². The Labute approximate surface area is 216 Å². The normalized spacial score (nSPS) is 23.7. The van der Waals surface area contributed by atoms with Crippen molar-refractivity contribution in [2.75, 3.05) is 44.1 Å². The van der Waals surface area contributed by atoms with Gasteiger partial charge in [0.1, 0.15) is 17.5 Å². The van der Waals surface area contributed by atoms with Gasteiger partial charge in [-0.3, -0.25) is 4.57 Å². The van der Waals surface area contributed by atoms with E-state index in [1.54, 1.807) is 11.7 Å². The zero-order valence-corrected chi connectivity index (χ0v) is 21.6. The highest BCUT2D eigenvalue weighted by Gasteiger charge is 2.34. The monoisotopic (exact) mass is 533 g/mol. The Morgan fingerprint density at radius 3 is 2.61 bits per heavy atom. The minimum Gasteiger partial charge on any atom is -0.381 e. The summed E-state index contributed by atoms with van der Waals surface area (Å²) >= 11 is 7.59. The smallest absolute Gasteiger partial charge is 0.350 e. The van der Waals surface area contributed by atoms with Crippen LogP contribution >= 0.6 is 23.4 Å². The van der Waals surface area contributed by atoms with Crippen LogP contribution in [0.2, 0.25) is 5.02 Å². The summed E-state index contributed by atoms with van der Waals surface area (Å²) in [6.07, 6.45) is 0.896. The Balaban J connectivity index is 1.63. The van der Waals surface area contributed by atoms with E-state index in [0.29, 0.717) is 54.2 Å². The summed E-state index contributed by atoms with van der Waals surface area (Å²) in [5, 5.41) is 0.700. The number of thioether (sulfide) groups is 1. The lowest BCUT2D eigenvalue weighted by Gasteiger charge is -2.42. The van der Waals surface area contributed by atoms with Crippen molar-refractivity contribution in [2.24, 2.45) is 11.8 Å². The average molecular weight is 534 g/mol. The highest BCUT2D eigenvalue weighted by molar-refractivity contribution is 7.99. The number of methoxy groups -OCH3 is 1. The highest BCUT2D eigenvalue weighted by Crippen LogP contribution is 2.45. The summed E-state index contributed by atoms with van der Waals surface area (Å²) in [5.74, 6) is 0.520. The number of aromatic nitrogens is 2. The summed E-state index contributed by atoms with van der Waals surface area (Å²) < 4.78 is 42.1. The molecule has 3 atom stereocenters. The molecule has 3 aliphatic rings. The van der Waals surface area contributed by atoms with Gasteiger partial charge in [0.05, 0.1) is 36.4 Å². The third-order valence-electron chi connectivity index (χ3n) is 7.44. The molecule has 6 nitrogen and oxygen atoms in total. The topological polar surface area (TPSA) is 56.6 Å². The molecule has 0 aliphatic carbocycles. The standard InChI is InChI=1S/C26H26ClF2N3O3S/c1-13-3-18-23-24(22(13)17-5-19(27)21(29)6-20(17)28)36-12-16(34-2)9-32(23)26(33)30-25(18)31-7-14-4-15(8-31)11-35-10-14/h3,5-6,14-16H,4,7-12H2,1-2H3/t14?,15?,16-/m0/s1. The second kappa shape index (κ2) is 9.28. The summed E-state index contributed by atoms with van der Waals surface area (Å²) in [6, 6.07) is 4.11. The molecule has 190 valence electrons. The van der Waals surface area contributed by atoms with Gasteiger partial charge in [-0.15, -0.1) is 11.8 Å². The molecule has 0 amide bonds. The fourth-order valence-electron chi connectivity index (χ4n) is 5.83. The fraction of sp³-hybridized carbons (Fsp3) is 0.462. The number of benzene rings is 2. The molecule has 2 fully saturated rings. The van der Waals surface area contributed by atoms with Crippen molar-refractivity contribution in [3.63, 3.8) is 0 Å². The number of aryl methyl sites for hydroxylation is 1. The van der Waals surface area contributed by atoms with E-state index in [-0.39, 0.29) is 22.4 Å². The van der Waals surface area contributed by atoms with Crippen LogP contribution in [-0.2, 0) is 16.0 Å². The summed E-state index contributed by atoms with van der Waals surface area (Å²) in [6.45, 7) is 5.22. The Morgan fingerprint density at radius 2 is 1.89 bits per heavy atom. The lowest BCUT2D eigenvalue weighted by atomic mass is 9.88. The number of rotatable bonds is 3.